The lowest BCUT2D eigenvalue weighted by Gasteiger charge is -2.39. The van der Waals surface area contributed by atoms with Crippen LogP contribution >= 0.6 is 0 Å². The second kappa shape index (κ2) is 7.27. The molecule has 0 bridgehead atoms. The molecule has 0 saturated carbocycles. The smallest absolute Gasteiger partial charge is 0.329 e. The van der Waals surface area contributed by atoms with Crippen LogP contribution in [0.1, 0.15) is 16.2 Å². The van der Waals surface area contributed by atoms with Crippen LogP contribution in [0.5, 0.6) is 0 Å². The Morgan fingerprint density at radius 2 is 2.17 bits per heavy atom. The summed E-state index contributed by atoms with van der Waals surface area (Å²) in [5.41, 5.74) is 0.923. The highest BCUT2D eigenvalue weighted by molar-refractivity contribution is 5.94. The van der Waals surface area contributed by atoms with Crippen LogP contribution < -0.4 is 0 Å². The lowest BCUT2D eigenvalue weighted by molar-refractivity contribution is -0.148. The van der Waals surface area contributed by atoms with Gasteiger partial charge in [-0.3, -0.25) is 14.7 Å². The molecule has 0 N–H and O–H groups in total. The summed E-state index contributed by atoms with van der Waals surface area (Å²) in [5, 5.41) is 0. The molecule has 3 heterocycles. The first kappa shape index (κ1) is 16.2. The zero-order valence-corrected chi connectivity index (χ0v) is 13.4. The fourth-order valence-corrected chi connectivity index (χ4v) is 2.83. The number of ether oxygens (including phenoxy) is 1. The monoisotopic (exact) mass is 329 g/mol. The number of nitrogens with zero attached hydrogens (tertiary/aromatic N) is 3. The molecular formula is C17H19N3O4. The number of esters is 1. The zero-order chi connectivity index (χ0) is 16.9. The lowest BCUT2D eigenvalue weighted by Crippen LogP contribution is -2.58. The largest absolute Gasteiger partial charge is 0.467 e. The van der Waals surface area contributed by atoms with Gasteiger partial charge in [0.25, 0.3) is 5.91 Å². The van der Waals surface area contributed by atoms with Crippen molar-refractivity contribution in [3.8, 4) is 0 Å². The first-order valence-electron chi connectivity index (χ1n) is 7.73. The number of piperazine rings is 1. The minimum absolute atomic E-state index is 0.224. The number of pyridine rings is 1. The Morgan fingerprint density at radius 1 is 1.29 bits per heavy atom. The van der Waals surface area contributed by atoms with Crippen LogP contribution in [0.15, 0.2) is 47.2 Å². The highest BCUT2D eigenvalue weighted by atomic mass is 16.5. The van der Waals surface area contributed by atoms with Crippen molar-refractivity contribution < 1.29 is 18.7 Å². The molecule has 3 rings (SSSR count). The number of carbonyl (C=O) groups is 2. The predicted octanol–water partition coefficient (Wildman–Crippen LogP) is 1.17. The third-order valence-electron chi connectivity index (χ3n) is 4.04. The third kappa shape index (κ3) is 3.46. The van der Waals surface area contributed by atoms with E-state index in [2.05, 4.69) is 9.88 Å². The van der Waals surface area contributed by atoms with Gasteiger partial charge in [0, 0.05) is 32.4 Å². The van der Waals surface area contributed by atoms with Gasteiger partial charge in [-0.15, -0.1) is 0 Å². The van der Waals surface area contributed by atoms with Crippen LogP contribution in [-0.4, -0.2) is 59.4 Å². The first-order chi connectivity index (χ1) is 11.7. The quantitative estimate of drug-likeness (QED) is 0.784. The molecule has 0 spiro atoms. The number of hydrogen-bond donors (Lipinski definition) is 0. The molecule has 24 heavy (non-hydrogen) atoms. The fourth-order valence-electron chi connectivity index (χ4n) is 2.83. The van der Waals surface area contributed by atoms with E-state index in [9.17, 15) is 9.59 Å². The molecule has 2 aromatic heterocycles. The Kier molecular flexibility index (Phi) is 4.90. The van der Waals surface area contributed by atoms with Crippen LogP contribution in [0.25, 0.3) is 0 Å². The Bertz CT molecular complexity index is 687. The van der Waals surface area contributed by atoms with Crippen molar-refractivity contribution in [3.05, 3.63) is 54.2 Å². The molecule has 1 aliphatic heterocycles. The van der Waals surface area contributed by atoms with Crippen LogP contribution in [0.4, 0.5) is 0 Å². The van der Waals surface area contributed by atoms with Crippen molar-refractivity contribution in [2.75, 3.05) is 26.7 Å². The highest BCUT2D eigenvalue weighted by Crippen LogP contribution is 2.17. The summed E-state index contributed by atoms with van der Waals surface area (Å²) in [5.74, 6) is -0.504. The van der Waals surface area contributed by atoms with Gasteiger partial charge >= 0.3 is 5.97 Å². The zero-order valence-electron chi connectivity index (χ0n) is 13.4. The summed E-state index contributed by atoms with van der Waals surface area (Å²) in [6.07, 6.45) is 3.18. The maximum absolute atomic E-state index is 12.6. The van der Waals surface area contributed by atoms with E-state index in [0.717, 1.165) is 5.69 Å². The average Bonchev–Trinajstić information content (AvgIpc) is 3.16. The van der Waals surface area contributed by atoms with E-state index >= 15 is 0 Å². The summed E-state index contributed by atoms with van der Waals surface area (Å²) in [6, 6.07) is 8.31. The number of amides is 1. The first-order valence-corrected chi connectivity index (χ1v) is 7.73. The normalized spacial score (nSPS) is 18.4. The Labute approximate surface area is 139 Å². The van der Waals surface area contributed by atoms with Crippen LogP contribution in [0.2, 0.25) is 0 Å². The van der Waals surface area contributed by atoms with Gasteiger partial charge in [0.15, 0.2) is 5.76 Å². The minimum Gasteiger partial charge on any atom is -0.467 e. The van der Waals surface area contributed by atoms with Crippen molar-refractivity contribution in [2.24, 2.45) is 0 Å². The topological polar surface area (TPSA) is 75.9 Å². The second-order valence-corrected chi connectivity index (χ2v) is 5.57. The van der Waals surface area contributed by atoms with E-state index in [1.165, 1.54) is 18.3 Å². The second-order valence-electron chi connectivity index (χ2n) is 5.57. The molecule has 0 radical (unpaired) electrons. The van der Waals surface area contributed by atoms with Gasteiger partial charge in [0.05, 0.1) is 19.1 Å². The van der Waals surface area contributed by atoms with Crippen LogP contribution in [0, 0.1) is 0 Å². The highest BCUT2D eigenvalue weighted by Gasteiger charge is 2.37. The van der Waals surface area contributed by atoms with Crippen LogP contribution in [0.3, 0.4) is 0 Å². The molecule has 126 valence electrons. The summed E-state index contributed by atoms with van der Waals surface area (Å²) in [4.78, 5) is 32.6. The van der Waals surface area contributed by atoms with E-state index in [-0.39, 0.29) is 11.7 Å². The molecule has 2 aromatic rings. The van der Waals surface area contributed by atoms with Gasteiger partial charge in [-0.1, -0.05) is 6.07 Å². The van der Waals surface area contributed by atoms with Crippen molar-refractivity contribution in [1.82, 2.24) is 14.8 Å². The number of methoxy groups -OCH3 is 1. The summed E-state index contributed by atoms with van der Waals surface area (Å²) in [7, 11) is 1.33. The molecule has 0 aliphatic carbocycles. The van der Waals surface area contributed by atoms with Crippen LogP contribution in [-0.2, 0) is 16.1 Å². The minimum atomic E-state index is -0.662. The number of rotatable bonds is 4. The predicted molar refractivity (Wildman–Crippen MR) is 85.1 cm³/mol. The maximum Gasteiger partial charge on any atom is 0.329 e. The van der Waals surface area contributed by atoms with E-state index in [0.29, 0.717) is 26.2 Å². The van der Waals surface area contributed by atoms with Crippen molar-refractivity contribution in [2.45, 2.75) is 12.6 Å². The average molecular weight is 329 g/mol. The number of hydrogen-bond acceptors (Lipinski definition) is 6. The Morgan fingerprint density at radius 3 is 2.83 bits per heavy atom. The Balaban J connectivity index is 1.73. The summed E-state index contributed by atoms with van der Waals surface area (Å²) < 4.78 is 10.0. The van der Waals surface area contributed by atoms with Gasteiger partial charge < -0.3 is 14.1 Å². The van der Waals surface area contributed by atoms with Gasteiger partial charge in [0.2, 0.25) is 0 Å². The molecule has 1 saturated heterocycles. The molecule has 0 aromatic carbocycles. The number of aromatic nitrogens is 1. The van der Waals surface area contributed by atoms with E-state index < -0.39 is 12.0 Å². The molecular weight excluding hydrogens is 310 g/mol. The van der Waals surface area contributed by atoms with Crippen molar-refractivity contribution >= 4 is 11.9 Å². The van der Waals surface area contributed by atoms with E-state index in [4.69, 9.17) is 9.15 Å². The Hall–Kier alpha value is -2.67. The number of furan rings is 1. The van der Waals surface area contributed by atoms with E-state index in [1.807, 2.05) is 18.2 Å². The summed E-state index contributed by atoms with van der Waals surface area (Å²) >= 11 is 0. The molecule has 1 atom stereocenters. The van der Waals surface area contributed by atoms with E-state index in [1.54, 1.807) is 18.3 Å². The van der Waals surface area contributed by atoms with Gasteiger partial charge in [0.1, 0.15) is 6.04 Å². The molecule has 1 fully saturated rings. The SMILES string of the molecule is COC(=O)C1CN(Cc2ccccn2)CCN1C(=O)c1ccco1. The maximum atomic E-state index is 12.6. The number of carbonyl (C=O) groups excluding carboxylic acids is 2. The van der Waals surface area contributed by atoms with Crippen molar-refractivity contribution in [3.63, 3.8) is 0 Å². The molecule has 1 unspecified atom stereocenters. The van der Waals surface area contributed by atoms with Gasteiger partial charge in [-0.2, -0.15) is 0 Å². The third-order valence-corrected chi connectivity index (χ3v) is 4.04. The fraction of sp³-hybridized carbons (Fsp3) is 0.353. The van der Waals surface area contributed by atoms with Gasteiger partial charge in [-0.05, 0) is 24.3 Å². The molecule has 7 nitrogen and oxygen atoms in total. The molecule has 7 heteroatoms. The summed E-state index contributed by atoms with van der Waals surface area (Å²) in [6.45, 7) is 2.09. The van der Waals surface area contributed by atoms with Crippen molar-refractivity contribution in [1.29, 1.82) is 0 Å². The molecule has 1 aliphatic rings. The molecule has 1 amide bonds. The standard InChI is InChI=1S/C17H19N3O4/c1-23-17(22)14-12-19(11-13-5-2-3-7-18-13)8-9-20(14)16(21)15-6-4-10-24-15/h2-7,10,14H,8-9,11-12H2,1H3. The lowest BCUT2D eigenvalue weighted by atomic mass is 10.1. The van der Waals surface area contributed by atoms with Gasteiger partial charge in [-0.25, -0.2) is 4.79 Å².